The fourth-order valence-corrected chi connectivity index (χ4v) is 2.63. The van der Waals surface area contributed by atoms with Gasteiger partial charge in [-0.05, 0) is 29.8 Å². The quantitative estimate of drug-likeness (QED) is 0.699. The van der Waals surface area contributed by atoms with E-state index in [-0.39, 0.29) is 12.5 Å². The van der Waals surface area contributed by atoms with Crippen LogP contribution in [0, 0.1) is 12.3 Å². The number of aromatic nitrogens is 2. The minimum Gasteiger partial charge on any atom is -0.497 e. The molecule has 1 N–H and O–H groups in total. The zero-order valence-electron chi connectivity index (χ0n) is 14.5. The van der Waals surface area contributed by atoms with Gasteiger partial charge in [-0.2, -0.15) is 5.10 Å². The Kier molecular flexibility index (Phi) is 5.35. The van der Waals surface area contributed by atoms with Crippen molar-refractivity contribution in [2.24, 2.45) is 0 Å². The van der Waals surface area contributed by atoms with Crippen LogP contribution in [0.4, 0.5) is 0 Å². The van der Waals surface area contributed by atoms with E-state index in [1.807, 2.05) is 54.6 Å². The smallest absolute Gasteiger partial charge is 0.255 e. The summed E-state index contributed by atoms with van der Waals surface area (Å²) in [4.78, 5) is 12.5. The van der Waals surface area contributed by atoms with Crippen LogP contribution < -0.4 is 10.1 Å². The molecule has 26 heavy (non-hydrogen) atoms. The van der Waals surface area contributed by atoms with Gasteiger partial charge in [0, 0.05) is 11.8 Å². The Morgan fingerprint density at radius 3 is 2.58 bits per heavy atom. The van der Waals surface area contributed by atoms with Gasteiger partial charge in [-0.1, -0.05) is 36.3 Å². The first-order valence-electron chi connectivity index (χ1n) is 8.18. The number of hydrogen-bond acceptors (Lipinski definition) is 3. The Balaban J connectivity index is 1.96. The van der Waals surface area contributed by atoms with Crippen molar-refractivity contribution >= 4 is 5.91 Å². The summed E-state index contributed by atoms with van der Waals surface area (Å²) in [7, 11) is 1.61. The monoisotopic (exact) mass is 345 g/mol. The number of nitrogens with one attached hydrogen (secondary N) is 1. The lowest BCUT2D eigenvalue weighted by Crippen LogP contribution is -2.23. The number of ether oxygens (including phenoxy) is 1. The second-order valence-electron chi connectivity index (χ2n) is 5.69. The lowest BCUT2D eigenvalue weighted by molar-refractivity contribution is 0.0959. The van der Waals surface area contributed by atoms with E-state index in [0.717, 1.165) is 16.9 Å². The topological polar surface area (TPSA) is 56.2 Å². The second kappa shape index (κ2) is 8.04. The molecule has 1 aromatic heterocycles. The van der Waals surface area contributed by atoms with Crippen LogP contribution in [0.25, 0.3) is 11.3 Å². The van der Waals surface area contributed by atoms with E-state index in [1.165, 1.54) is 0 Å². The predicted molar refractivity (Wildman–Crippen MR) is 101 cm³/mol. The number of amides is 1. The van der Waals surface area contributed by atoms with Crippen LogP contribution in [0.1, 0.15) is 15.9 Å². The normalized spacial score (nSPS) is 10.2. The molecule has 1 heterocycles. The van der Waals surface area contributed by atoms with E-state index >= 15 is 0 Å². The first-order valence-corrected chi connectivity index (χ1v) is 8.18. The van der Waals surface area contributed by atoms with E-state index in [9.17, 15) is 4.79 Å². The van der Waals surface area contributed by atoms with E-state index in [1.54, 1.807) is 18.0 Å². The zero-order valence-corrected chi connectivity index (χ0v) is 14.5. The number of hydrogen-bond donors (Lipinski definition) is 1. The highest BCUT2D eigenvalue weighted by molar-refractivity contribution is 5.99. The molecular formula is C21H19N3O2. The summed E-state index contributed by atoms with van der Waals surface area (Å²) < 4.78 is 6.96. The van der Waals surface area contributed by atoms with Gasteiger partial charge < -0.3 is 10.1 Å². The Bertz CT molecular complexity index is 922. The second-order valence-corrected chi connectivity index (χ2v) is 5.69. The number of benzene rings is 2. The first-order chi connectivity index (χ1) is 12.7. The predicted octanol–water partition coefficient (Wildman–Crippen LogP) is 2.97. The molecule has 0 aliphatic rings. The molecule has 0 aliphatic carbocycles. The minimum absolute atomic E-state index is 0.171. The highest BCUT2D eigenvalue weighted by atomic mass is 16.5. The van der Waals surface area contributed by atoms with Crippen molar-refractivity contribution < 1.29 is 9.53 Å². The Morgan fingerprint density at radius 1 is 1.19 bits per heavy atom. The fourth-order valence-electron chi connectivity index (χ4n) is 2.63. The van der Waals surface area contributed by atoms with Crippen LogP contribution >= 0.6 is 0 Å². The van der Waals surface area contributed by atoms with Crippen molar-refractivity contribution in [1.29, 1.82) is 0 Å². The Hall–Kier alpha value is -3.52. The summed E-state index contributed by atoms with van der Waals surface area (Å²) in [6, 6.07) is 17.4. The molecule has 130 valence electrons. The number of terminal acetylenes is 1. The van der Waals surface area contributed by atoms with Crippen molar-refractivity contribution in [1.82, 2.24) is 15.1 Å². The average molecular weight is 345 g/mol. The molecule has 0 bridgehead atoms. The molecule has 0 saturated carbocycles. The molecule has 0 saturated heterocycles. The van der Waals surface area contributed by atoms with Gasteiger partial charge >= 0.3 is 0 Å². The maximum atomic E-state index is 12.5. The van der Waals surface area contributed by atoms with Crippen LogP contribution in [0.5, 0.6) is 5.75 Å². The van der Waals surface area contributed by atoms with Crippen molar-refractivity contribution in [3.63, 3.8) is 0 Å². The average Bonchev–Trinajstić information content (AvgIpc) is 3.11. The third-order valence-corrected chi connectivity index (χ3v) is 3.91. The van der Waals surface area contributed by atoms with Gasteiger partial charge in [0.05, 0.1) is 25.8 Å². The van der Waals surface area contributed by atoms with Gasteiger partial charge in [-0.25, -0.2) is 0 Å². The number of carbonyl (C=O) groups excluding carboxylic acids is 1. The third kappa shape index (κ3) is 3.93. The van der Waals surface area contributed by atoms with Gasteiger partial charge in [-0.15, -0.1) is 6.42 Å². The number of methoxy groups -OCH3 is 1. The standard InChI is InChI=1S/C21H19N3O2/c1-3-13-22-21(25)19-15-24(14-16-7-5-4-6-8-16)23-20(19)17-9-11-18(26-2)12-10-17/h1,4-12,15H,13-14H2,2H3,(H,22,25). The van der Waals surface area contributed by atoms with Crippen molar-refractivity contribution in [3.8, 4) is 29.4 Å². The maximum Gasteiger partial charge on any atom is 0.255 e. The summed E-state index contributed by atoms with van der Waals surface area (Å²) in [6.07, 6.45) is 6.99. The number of rotatable bonds is 6. The molecule has 1 amide bonds. The highest BCUT2D eigenvalue weighted by Crippen LogP contribution is 2.25. The highest BCUT2D eigenvalue weighted by Gasteiger charge is 2.18. The molecule has 0 spiro atoms. The third-order valence-electron chi connectivity index (χ3n) is 3.91. The van der Waals surface area contributed by atoms with Crippen LogP contribution in [-0.2, 0) is 6.54 Å². The molecule has 0 aliphatic heterocycles. The lowest BCUT2D eigenvalue weighted by Gasteiger charge is -2.04. The van der Waals surface area contributed by atoms with E-state index in [0.29, 0.717) is 17.8 Å². The summed E-state index contributed by atoms with van der Waals surface area (Å²) in [5.41, 5.74) is 3.04. The van der Waals surface area contributed by atoms with E-state index in [2.05, 4.69) is 16.3 Å². The lowest BCUT2D eigenvalue weighted by atomic mass is 10.1. The van der Waals surface area contributed by atoms with Crippen LogP contribution in [0.15, 0.2) is 60.8 Å². The molecule has 2 aromatic carbocycles. The SMILES string of the molecule is C#CCNC(=O)c1cn(Cc2ccccc2)nc1-c1ccc(OC)cc1. The van der Waals surface area contributed by atoms with Crippen molar-refractivity contribution in [2.45, 2.75) is 6.54 Å². The molecule has 0 unspecified atom stereocenters. The van der Waals surface area contributed by atoms with Crippen LogP contribution in [-0.4, -0.2) is 29.3 Å². The Labute approximate surface area is 152 Å². The molecule has 3 aromatic rings. The molecule has 0 atom stereocenters. The molecule has 0 radical (unpaired) electrons. The molecule has 5 heteroatoms. The van der Waals surface area contributed by atoms with Gasteiger partial charge in [0.25, 0.3) is 5.91 Å². The van der Waals surface area contributed by atoms with Crippen LogP contribution in [0.3, 0.4) is 0 Å². The minimum atomic E-state index is -0.243. The van der Waals surface area contributed by atoms with Gasteiger partial charge in [0.15, 0.2) is 0 Å². The zero-order chi connectivity index (χ0) is 18.4. The molecule has 5 nitrogen and oxygen atoms in total. The van der Waals surface area contributed by atoms with E-state index in [4.69, 9.17) is 11.2 Å². The Morgan fingerprint density at radius 2 is 1.92 bits per heavy atom. The van der Waals surface area contributed by atoms with Crippen molar-refractivity contribution in [2.75, 3.05) is 13.7 Å². The van der Waals surface area contributed by atoms with Crippen molar-refractivity contribution in [3.05, 3.63) is 71.9 Å². The van der Waals surface area contributed by atoms with Crippen LogP contribution in [0.2, 0.25) is 0 Å². The summed E-state index contributed by atoms with van der Waals surface area (Å²) in [6.45, 7) is 0.747. The van der Waals surface area contributed by atoms with E-state index < -0.39 is 0 Å². The van der Waals surface area contributed by atoms with Gasteiger partial charge in [0.2, 0.25) is 0 Å². The van der Waals surface area contributed by atoms with Gasteiger partial charge in [0.1, 0.15) is 11.4 Å². The van der Waals surface area contributed by atoms with Gasteiger partial charge in [-0.3, -0.25) is 9.48 Å². The number of nitrogens with zero attached hydrogens (tertiary/aromatic N) is 2. The summed E-state index contributed by atoms with van der Waals surface area (Å²) in [5.74, 6) is 2.92. The summed E-state index contributed by atoms with van der Waals surface area (Å²) in [5, 5.41) is 7.33. The first kappa shape index (κ1) is 17.3. The fraction of sp³-hybridized carbons (Fsp3) is 0.143. The summed E-state index contributed by atoms with van der Waals surface area (Å²) >= 11 is 0. The number of carbonyl (C=O) groups is 1. The maximum absolute atomic E-state index is 12.5. The molecular weight excluding hydrogens is 326 g/mol. The largest absolute Gasteiger partial charge is 0.497 e. The molecule has 3 rings (SSSR count). The molecule has 0 fully saturated rings.